The molecule has 5 heteroatoms. The molecule has 2 aromatic rings. The number of carbonyl (C=O) groups excluding carboxylic acids is 1. The second-order valence-corrected chi connectivity index (χ2v) is 5.80. The van der Waals surface area contributed by atoms with Crippen LogP contribution in [0.4, 0.5) is 0 Å². The molecule has 0 spiro atoms. The van der Waals surface area contributed by atoms with Crippen LogP contribution in [0.15, 0.2) is 42.5 Å². The number of ether oxygens (including phenoxy) is 1. The molecule has 0 bridgehead atoms. The van der Waals surface area contributed by atoms with Crippen molar-refractivity contribution in [2.24, 2.45) is 0 Å². The second kappa shape index (κ2) is 7.75. The summed E-state index contributed by atoms with van der Waals surface area (Å²) in [6, 6.07) is 11.3. The molecule has 24 heavy (non-hydrogen) atoms. The zero-order valence-electron chi connectivity index (χ0n) is 14.0. The van der Waals surface area contributed by atoms with Crippen LogP contribution in [0.1, 0.15) is 38.7 Å². The molecule has 0 aliphatic rings. The highest BCUT2D eigenvalue weighted by atomic mass is 16.5. The molecule has 0 radical (unpaired) electrons. The number of amides is 1. The molecule has 126 valence electrons. The van der Waals surface area contributed by atoms with E-state index in [2.05, 4.69) is 5.32 Å². The average molecular weight is 327 g/mol. The van der Waals surface area contributed by atoms with Crippen LogP contribution < -0.4 is 5.32 Å². The smallest absolute Gasteiger partial charge is 0.330 e. The van der Waals surface area contributed by atoms with Crippen molar-refractivity contribution in [2.75, 3.05) is 7.11 Å². The monoisotopic (exact) mass is 327 g/mol. The third-order valence-corrected chi connectivity index (χ3v) is 3.63. The third-order valence-electron chi connectivity index (χ3n) is 3.63. The fourth-order valence-electron chi connectivity index (χ4n) is 2.60. The van der Waals surface area contributed by atoms with E-state index in [9.17, 15) is 14.7 Å². The quantitative estimate of drug-likeness (QED) is 0.855. The third kappa shape index (κ3) is 4.43. The molecular formula is C19H21NO4. The first-order chi connectivity index (χ1) is 11.4. The van der Waals surface area contributed by atoms with Crippen molar-refractivity contribution in [1.82, 2.24) is 5.32 Å². The highest BCUT2D eigenvalue weighted by Crippen LogP contribution is 2.18. The number of hydrogen-bond acceptors (Lipinski definition) is 3. The van der Waals surface area contributed by atoms with Gasteiger partial charge in [0.05, 0.1) is 6.61 Å². The molecule has 0 aliphatic carbocycles. The van der Waals surface area contributed by atoms with Gasteiger partial charge in [-0.3, -0.25) is 4.79 Å². The number of carboxylic acids is 1. The maximum Gasteiger partial charge on any atom is 0.330 e. The van der Waals surface area contributed by atoms with E-state index in [-0.39, 0.29) is 0 Å². The lowest BCUT2D eigenvalue weighted by atomic mass is 10.0. The molecule has 0 saturated carbocycles. The van der Waals surface area contributed by atoms with Gasteiger partial charge in [0.25, 0.3) is 5.91 Å². The molecule has 2 N–H and O–H groups in total. The summed E-state index contributed by atoms with van der Waals surface area (Å²) in [5.74, 6) is -1.52. The predicted octanol–water partition coefficient (Wildman–Crippen LogP) is 3.01. The van der Waals surface area contributed by atoms with E-state index in [1.807, 2.05) is 19.9 Å². The fraction of sp³-hybridized carbons (Fsp3) is 0.263. The molecule has 1 amide bonds. The molecule has 0 aromatic heterocycles. The Morgan fingerprint density at radius 1 is 1.08 bits per heavy atom. The van der Waals surface area contributed by atoms with Crippen molar-refractivity contribution in [3.05, 3.63) is 70.3 Å². The number of methoxy groups -OCH3 is 1. The highest BCUT2D eigenvalue weighted by Gasteiger charge is 2.23. The van der Waals surface area contributed by atoms with Crippen LogP contribution in [0.5, 0.6) is 0 Å². The maximum atomic E-state index is 12.4. The van der Waals surface area contributed by atoms with Crippen LogP contribution >= 0.6 is 0 Å². The molecule has 0 heterocycles. The molecule has 5 nitrogen and oxygen atoms in total. The van der Waals surface area contributed by atoms with Crippen molar-refractivity contribution < 1.29 is 19.4 Å². The number of nitrogens with one attached hydrogen (secondary N) is 1. The van der Waals surface area contributed by atoms with E-state index in [0.29, 0.717) is 17.7 Å². The van der Waals surface area contributed by atoms with E-state index >= 15 is 0 Å². The van der Waals surface area contributed by atoms with E-state index in [1.165, 1.54) is 0 Å². The van der Waals surface area contributed by atoms with Gasteiger partial charge in [-0.15, -0.1) is 0 Å². The Balaban J connectivity index is 2.20. The Morgan fingerprint density at radius 3 is 2.17 bits per heavy atom. The number of benzene rings is 2. The van der Waals surface area contributed by atoms with Crippen LogP contribution in [0.2, 0.25) is 0 Å². The first-order valence-electron chi connectivity index (χ1n) is 7.60. The van der Waals surface area contributed by atoms with E-state index in [0.717, 1.165) is 16.7 Å². The molecule has 1 unspecified atom stereocenters. The van der Waals surface area contributed by atoms with Crippen LogP contribution in [0, 0.1) is 13.8 Å². The number of hydrogen-bond donors (Lipinski definition) is 2. The van der Waals surface area contributed by atoms with Gasteiger partial charge in [-0.05, 0) is 37.1 Å². The van der Waals surface area contributed by atoms with Crippen molar-refractivity contribution in [3.8, 4) is 0 Å². The standard InChI is InChI=1S/C19H21NO4/c1-12-8-13(2)10-16(9-12)17(19(22)23)20-18(21)15-6-4-14(5-7-15)11-24-3/h4-10,17H,11H2,1-3H3,(H,20,21)(H,22,23). The average Bonchev–Trinajstić information content (AvgIpc) is 2.52. The van der Waals surface area contributed by atoms with Gasteiger partial charge in [0.1, 0.15) is 0 Å². The fourth-order valence-corrected chi connectivity index (χ4v) is 2.60. The lowest BCUT2D eigenvalue weighted by molar-refractivity contribution is -0.139. The van der Waals surface area contributed by atoms with Gasteiger partial charge in [0.2, 0.25) is 0 Å². The summed E-state index contributed by atoms with van der Waals surface area (Å²) in [4.78, 5) is 24.0. The summed E-state index contributed by atoms with van der Waals surface area (Å²) in [5.41, 5.74) is 3.82. The minimum Gasteiger partial charge on any atom is -0.479 e. The Labute approximate surface area is 141 Å². The maximum absolute atomic E-state index is 12.4. The van der Waals surface area contributed by atoms with E-state index in [1.54, 1.807) is 43.5 Å². The number of carboxylic acid groups (broad SMARTS) is 1. The van der Waals surface area contributed by atoms with E-state index < -0.39 is 17.9 Å². The molecule has 2 rings (SSSR count). The first-order valence-corrected chi connectivity index (χ1v) is 7.60. The summed E-state index contributed by atoms with van der Waals surface area (Å²) in [6.07, 6.45) is 0. The molecule has 1 atom stereocenters. The SMILES string of the molecule is COCc1ccc(C(=O)NC(C(=O)O)c2cc(C)cc(C)c2)cc1. The lowest BCUT2D eigenvalue weighted by Gasteiger charge is -2.16. The van der Waals surface area contributed by atoms with Crippen LogP contribution in [-0.4, -0.2) is 24.1 Å². The summed E-state index contributed by atoms with van der Waals surface area (Å²) in [5, 5.41) is 12.1. The number of carbonyl (C=O) groups is 2. The predicted molar refractivity (Wildman–Crippen MR) is 90.9 cm³/mol. The van der Waals surface area contributed by atoms with Crippen LogP contribution in [-0.2, 0) is 16.1 Å². The zero-order chi connectivity index (χ0) is 17.7. The van der Waals surface area contributed by atoms with Crippen molar-refractivity contribution in [3.63, 3.8) is 0 Å². The largest absolute Gasteiger partial charge is 0.479 e. The van der Waals surface area contributed by atoms with Gasteiger partial charge in [0.15, 0.2) is 6.04 Å². The Morgan fingerprint density at radius 2 is 1.67 bits per heavy atom. The molecule has 0 fully saturated rings. The summed E-state index contributed by atoms with van der Waals surface area (Å²) < 4.78 is 5.03. The number of aryl methyl sites for hydroxylation is 2. The van der Waals surface area contributed by atoms with Crippen molar-refractivity contribution >= 4 is 11.9 Å². The highest BCUT2D eigenvalue weighted by molar-refractivity contribution is 5.96. The number of rotatable bonds is 6. The Bertz CT molecular complexity index is 717. The van der Waals surface area contributed by atoms with Gasteiger partial charge in [-0.2, -0.15) is 0 Å². The molecule has 2 aromatic carbocycles. The normalized spacial score (nSPS) is 11.8. The summed E-state index contributed by atoms with van der Waals surface area (Å²) >= 11 is 0. The molecule has 0 aliphatic heterocycles. The van der Waals surface area contributed by atoms with Crippen molar-refractivity contribution in [2.45, 2.75) is 26.5 Å². The summed E-state index contributed by atoms with van der Waals surface area (Å²) in [6.45, 7) is 4.25. The Kier molecular flexibility index (Phi) is 5.71. The van der Waals surface area contributed by atoms with Gasteiger partial charge < -0.3 is 15.2 Å². The minimum atomic E-state index is -1.09. The Hall–Kier alpha value is -2.66. The first kappa shape index (κ1) is 17.7. The minimum absolute atomic E-state index is 0.408. The molecule has 0 saturated heterocycles. The van der Waals surface area contributed by atoms with Gasteiger partial charge in [0, 0.05) is 12.7 Å². The van der Waals surface area contributed by atoms with Crippen LogP contribution in [0.25, 0.3) is 0 Å². The van der Waals surface area contributed by atoms with Crippen molar-refractivity contribution in [1.29, 1.82) is 0 Å². The topological polar surface area (TPSA) is 75.6 Å². The molecular weight excluding hydrogens is 306 g/mol. The second-order valence-electron chi connectivity index (χ2n) is 5.80. The number of aliphatic carboxylic acids is 1. The van der Waals surface area contributed by atoms with Crippen LogP contribution in [0.3, 0.4) is 0 Å². The van der Waals surface area contributed by atoms with Gasteiger partial charge in [-0.25, -0.2) is 4.79 Å². The van der Waals surface area contributed by atoms with E-state index in [4.69, 9.17) is 4.74 Å². The van der Waals surface area contributed by atoms with Gasteiger partial charge in [-0.1, -0.05) is 41.5 Å². The zero-order valence-corrected chi connectivity index (χ0v) is 14.0. The lowest BCUT2D eigenvalue weighted by Crippen LogP contribution is -2.33. The van der Waals surface area contributed by atoms with Gasteiger partial charge >= 0.3 is 5.97 Å². The summed E-state index contributed by atoms with van der Waals surface area (Å²) in [7, 11) is 1.60.